The zero-order valence-electron chi connectivity index (χ0n) is 13.1. The number of benzene rings is 1. The molecule has 1 saturated heterocycles. The summed E-state index contributed by atoms with van der Waals surface area (Å²) in [5.41, 5.74) is 6.40. The van der Waals surface area contributed by atoms with Crippen molar-refractivity contribution in [1.82, 2.24) is 19.5 Å². The first kappa shape index (κ1) is 15.3. The monoisotopic (exact) mass is 339 g/mol. The molecule has 0 saturated carbocycles. The first-order chi connectivity index (χ1) is 12.1. The van der Waals surface area contributed by atoms with Crippen LogP contribution in [0.3, 0.4) is 0 Å². The number of aromatic nitrogens is 3. The van der Waals surface area contributed by atoms with Crippen LogP contribution in [0.1, 0.15) is 38.9 Å². The molecule has 4 rings (SSSR count). The molecule has 0 radical (unpaired) electrons. The van der Waals surface area contributed by atoms with Crippen LogP contribution >= 0.6 is 0 Å². The molecule has 1 aromatic carbocycles. The molecule has 1 fully saturated rings. The second-order valence-electron chi connectivity index (χ2n) is 5.81. The van der Waals surface area contributed by atoms with Gasteiger partial charge in [0, 0.05) is 18.3 Å². The summed E-state index contributed by atoms with van der Waals surface area (Å²) in [5.74, 6) is -1.30. The van der Waals surface area contributed by atoms with Gasteiger partial charge in [-0.05, 0) is 18.6 Å². The molecule has 7 nitrogen and oxygen atoms in total. The Morgan fingerprint density at radius 3 is 2.72 bits per heavy atom. The highest BCUT2D eigenvalue weighted by Gasteiger charge is 2.36. The molecule has 3 heterocycles. The van der Waals surface area contributed by atoms with E-state index in [1.54, 1.807) is 23.1 Å². The number of rotatable bonds is 3. The van der Waals surface area contributed by atoms with Crippen LogP contribution < -0.4 is 5.73 Å². The van der Waals surface area contributed by atoms with Gasteiger partial charge >= 0.3 is 0 Å². The smallest absolute Gasteiger partial charge is 0.273 e. The van der Waals surface area contributed by atoms with Crippen LogP contribution in [-0.4, -0.2) is 37.9 Å². The van der Waals surface area contributed by atoms with Crippen molar-refractivity contribution in [2.45, 2.75) is 12.5 Å². The summed E-state index contributed by atoms with van der Waals surface area (Å²) in [4.78, 5) is 30.0. The lowest BCUT2D eigenvalue weighted by atomic mass is 9.94. The van der Waals surface area contributed by atoms with Gasteiger partial charge in [-0.1, -0.05) is 18.2 Å². The molecule has 8 heteroatoms. The Bertz CT molecular complexity index is 1000. The van der Waals surface area contributed by atoms with Gasteiger partial charge in [0.2, 0.25) is 0 Å². The molecule has 25 heavy (non-hydrogen) atoms. The summed E-state index contributed by atoms with van der Waals surface area (Å²) in [6.45, 7) is 0.519. The lowest BCUT2D eigenvalue weighted by molar-refractivity contribution is 0.0443. The van der Waals surface area contributed by atoms with Gasteiger partial charge in [0.15, 0.2) is 5.65 Å². The van der Waals surface area contributed by atoms with Gasteiger partial charge in [0.1, 0.15) is 17.1 Å². The molecular formula is C17H14FN5O2. The topological polar surface area (TPSA) is 93.6 Å². The van der Waals surface area contributed by atoms with E-state index in [1.165, 1.54) is 29.0 Å². The molecule has 2 N–H and O–H groups in total. The number of hydrogen-bond acceptors (Lipinski definition) is 4. The number of nitrogens with zero attached hydrogens (tertiary/aromatic N) is 4. The third-order valence-electron chi connectivity index (χ3n) is 4.43. The Morgan fingerprint density at radius 1 is 1.24 bits per heavy atom. The molecule has 2 aromatic heterocycles. The minimum absolute atomic E-state index is 0.143. The average Bonchev–Trinajstić information content (AvgIpc) is 3.00. The van der Waals surface area contributed by atoms with Crippen molar-refractivity contribution < 1.29 is 14.0 Å². The molecule has 1 unspecified atom stereocenters. The predicted molar refractivity (Wildman–Crippen MR) is 86.3 cm³/mol. The van der Waals surface area contributed by atoms with Crippen molar-refractivity contribution in [3.8, 4) is 0 Å². The number of hydrogen-bond donors (Lipinski definition) is 1. The van der Waals surface area contributed by atoms with Gasteiger partial charge in [-0.3, -0.25) is 9.59 Å². The fourth-order valence-electron chi connectivity index (χ4n) is 3.07. The van der Waals surface area contributed by atoms with Crippen molar-refractivity contribution in [1.29, 1.82) is 0 Å². The molecule has 0 spiro atoms. The van der Waals surface area contributed by atoms with Crippen LogP contribution in [-0.2, 0) is 0 Å². The van der Waals surface area contributed by atoms with E-state index in [2.05, 4.69) is 10.1 Å². The first-order valence-electron chi connectivity index (χ1n) is 7.76. The summed E-state index contributed by atoms with van der Waals surface area (Å²) < 4.78 is 15.3. The van der Waals surface area contributed by atoms with E-state index in [0.717, 1.165) is 0 Å². The summed E-state index contributed by atoms with van der Waals surface area (Å²) in [6, 6.07) is 7.63. The van der Waals surface area contributed by atoms with Gasteiger partial charge < -0.3 is 10.6 Å². The lowest BCUT2D eigenvalue weighted by Gasteiger charge is -2.41. The number of amides is 2. The molecule has 0 aliphatic carbocycles. The maximum Gasteiger partial charge on any atom is 0.273 e. The quantitative estimate of drug-likeness (QED) is 0.783. The fourth-order valence-corrected chi connectivity index (χ4v) is 3.07. The van der Waals surface area contributed by atoms with E-state index in [4.69, 9.17) is 5.73 Å². The third-order valence-corrected chi connectivity index (χ3v) is 4.43. The lowest BCUT2D eigenvalue weighted by Crippen LogP contribution is -2.46. The number of nitrogens with two attached hydrogens (primary N) is 1. The Balaban J connectivity index is 1.71. The van der Waals surface area contributed by atoms with Crippen molar-refractivity contribution in [3.63, 3.8) is 0 Å². The summed E-state index contributed by atoms with van der Waals surface area (Å²) in [6.07, 6.45) is 3.40. The number of carbonyl (C=O) groups excluding carboxylic acids is 2. The second-order valence-corrected chi connectivity index (χ2v) is 5.81. The summed E-state index contributed by atoms with van der Waals surface area (Å²) in [5, 5.41) is 4.05. The van der Waals surface area contributed by atoms with Crippen LogP contribution in [0.5, 0.6) is 0 Å². The van der Waals surface area contributed by atoms with Crippen molar-refractivity contribution in [3.05, 3.63) is 65.4 Å². The fraction of sp³-hybridized carbons (Fsp3) is 0.176. The van der Waals surface area contributed by atoms with E-state index in [0.29, 0.717) is 18.5 Å². The highest BCUT2D eigenvalue weighted by Crippen LogP contribution is 2.35. The molecule has 3 aromatic rings. The van der Waals surface area contributed by atoms with E-state index >= 15 is 0 Å². The Hall–Kier alpha value is -3.29. The van der Waals surface area contributed by atoms with Crippen LogP contribution in [0, 0.1) is 5.82 Å². The van der Waals surface area contributed by atoms with Gasteiger partial charge in [0.05, 0.1) is 12.2 Å². The Kier molecular flexibility index (Phi) is 3.45. The minimum Gasteiger partial charge on any atom is -0.365 e. The maximum absolute atomic E-state index is 14.0. The van der Waals surface area contributed by atoms with Crippen molar-refractivity contribution in [2.24, 2.45) is 5.73 Å². The second kappa shape index (κ2) is 5.66. The predicted octanol–water partition coefficient (Wildman–Crippen LogP) is 1.55. The zero-order chi connectivity index (χ0) is 17.6. The molecule has 126 valence electrons. The minimum atomic E-state index is -0.666. The molecule has 1 aliphatic rings. The molecule has 1 aliphatic heterocycles. The highest BCUT2D eigenvalue weighted by atomic mass is 19.1. The Morgan fingerprint density at radius 2 is 2.04 bits per heavy atom. The van der Waals surface area contributed by atoms with E-state index in [1.807, 2.05) is 0 Å². The molecule has 2 amide bonds. The van der Waals surface area contributed by atoms with Gasteiger partial charge in [-0.25, -0.2) is 13.9 Å². The van der Waals surface area contributed by atoms with E-state index in [9.17, 15) is 14.0 Å². The SMILES string of the molecule is NC(=O)c1cnn2c(C(=O)N3CCC3c3ccccc3F)ccnc12. The maximum atomic E-state index is 14.0. The Labute approximate surface area is 141 Å². The average molecular weight is 339 g/mol. The van der Waals surface area contributed by atoms with E-state index < -0.39 is 5.91 Å². The third kappa shape index (κ3) is 2.34. The van der Waals surface area contributed by atoms with Gasteiger partial charge in [-0.2, -0.15) is 5.10 Å². The van der Waals surface area contributed by atoms with Crippen LogP contribution in [0.4, 0.5) is 4.39 Å². The van der Waals surface area contributed by atoms with Gasteiger partial charge in [-0.15, -0.1) is 0 Å². The van der Waals surface area contributed by atoms with Gasteiger partial charge in [0.25, 0.3) is 11.8 Å². The standard InChI is InChI=1S/C17H14FN5O2/c18-12-4-2-1-3-10(12)13-6-8-22(13)17(25)14-5-7-20-16-11(15(19)24)9-21-23(14)16/h1-5,7,9,13H,6,8H2,(H2,19,24). The number of likely N-dealkylation sites (tertiary alicyclic amines) is 1. The van der Waals surface area contributed by atoms with Crippen LogP contribution in [0.25, 0.3) is 5.65 Å². The van der Waals surface area contributed by atoms with Crippen molar-refractivity contribution >= 4 is 17.5 Å². The number of primary amides is 1. The zero-order valence-corrected chi connectivity index (χ0v) is 13.1. The molecule has 0 bridgehead atoms. The summed E-state index contributed by atoms with van der Waals surface area (Å²) >= 11 is 0. The number of carbonyl (C=O) groups is 2. The van der Waals surface area contributed by atoms with E-state index in [-0.39, 0.29) is 34.7 Å². The normalized spacial score (nSPS) is 16.7. The highest BCUT2D eigenvalue weighted by molar-refractivity contribution is 6.00. The molecule has 1 atom stereocenters. The first-order valence-corrected chi connectivity index (χ1v) is 7.76. The van der Waals surface area contributed by atoms with Crippen molar-refractivity contribution in [2.75, 3.05) is 6.54 Å². The number of fused-ring (bicyclic) bond motifs is 1. The van der Waals surface area contributed by atoms with Crippen LogP contribution in [0.2, 0.25) is 0 Å². The summed E-state index contributed by atoms with van der Waals surface area (Å²) in [7, 11) is 0. The molecular weight excluding hydrogens is 325 g/mol. The largest absolute Gasteiger partial charge is 0.365 e. The number of halogens is 1. The van der Waals surface area contributed by atoms with Crippen LogP contribution in [0.15, 0.2) is 42.7 Å².